The Hall–Kier alpha value is -2.50. The molecule has 2 aromatic rings. The van der Waals surface area contributed by atoms with Gasteiger partial charge in [0.1, 0.15) is 11.4 Å². The normalized spacial score (nSPS) is 10.4. The van der Waals surface area contributed by atoms with Crippen LogP contribution in [0.25, 0.3) is 0 Å². The largest absolute Gasteiger partial charge is 0.496 e. The number of aryl methyl sites for hydroxylation is 3. The molecule has 6 heteroatoms. The Morgan fingerprint density at radius 3 is 2.60 bits per heavy atom. The maximum Gasteiger partial charge on any atom is 0.276 e. The molecule has 3 N–H and O–H groups in total. The first-order chi connectivity index (χ1) is 9.43. The third-order valence-electron chi connectivity index (χ3n) is 3.14. The van der Waals surface area contributed by atoms with Crippen LogP contribution in [0.2, 0.25) is 0 Å². The number of rotatable bonds is 3. The highest BCUT2D eigenvalue weighted by Gasteiger charge is 2.18. The van der Waals surface area contributed by atoms with Crippen LogP contribution in [0.4, 0.5) is 11.4 Å². The number of anilines is 2. The Bertz CT molecular complexity index is 661. The predicted octanol–water partition coefficient (Wildman–Crippen LogP) is 1.88. The fourth-order valence-electron chi connectivity index (χ4n) is 2.09. The van der Waals surface area contributed by atoms with Gasteiger partial charge in [0.2, 0.25) is 0 Å². The van der Waals surface area contributed by atoms with Crippen molar-refractivity contribution in [2.75, 3.05) is 18.2 Å². The molecule has 0 radical (unpaired) electrons. The minimum atomic E-state index is -0.282. The number of nitrogens with zero attached hydrogens (tertiary/aromatic N) is 2. The summed E-state index contributed by atoms with van der Waals surface area (Å²) in [6.07, 6.45) is 0. The van der Waals surface area contributed by atoms with E-state index in [0.29, 0.717) is 22.8 Å². The van der Waals surface area contributed by atoms with E-state index in [1.54, 1.807) is 27.1 Å². The molecule has 0 aliphatic heterocycles. The van der Waals surface area contributed by atoms with Gasteiger partial charge >= 0.3 is 0 Å². The van der Waals surface area contributed by atoms with Gasteiger partial charge in [-0.3, -0.25) is 9.48 Å². The number of carbonyl (C=O) groups excluding carboxylic acids is 1. The third-order valence-corrected chi connectivity index (χ3v) is 3.14. The number of ether oxygens (including phenoxy) is 1. The molecule has 1 heterocycles. The summed E-state index contributed by atoms with van der Waals surface area (Å²) in [6, 6.07) is 5.43. The number of carbonyl (C=O) groups is 1. The number of nitrogen functional groups attached to an aromatic ring is 1. The van der Waals surface area contributed by atoms with Crippen molar-refractivity contribution in [2.45, 2.75) is 13.8 Å². The zero-order valence-electron chi connectivity index (χ0n) is 12.0. The van der Waals surface area contributed by atoms with Gasteiger partial charge in [-0.05, 0) is 37.6 Å². The molecule has 0 aliphatic carbocycles. The van der Waals surface area contributed by atoms with Crippen molar-refractivity contribution in [1.82, 2.24) is 9.78 Å². The predicted molar refractivity (Wildman–Crippen MR) is 78.0 cm³/mol. The summed E-state index contributed by atoms with van der Waals surface area (Å²) >= 11 is 0. The Morgan fingerprint density at radius 1 is 1.40 bits per heavy atom. The summed E-state index contributed by atoms with van der Waals surface area (Å²) in [5, 5.41) is 6.94. The zero-order valence-corrected chi connectivity index (χ0v) is 12.0. The van der Waals surface area contributed by atoms with Gasteiger partial charge < -0.3 is 15.8 Å². The van der Waals surface area contributed by atoms with E-state index in [2.05, 4.69) is 10.4 Å². The van der Waals surface area contributed by atoms with Gasteiger partial charge in [-0.1, -0.05) is 0 Å². The molecule has 2 rings (SSSR count). The van der Waals surface area contributed by atoms with Crippen molar-refractivity contribution in [1.29, 1.82) is 0 Å². The van der Waals surface area contributed by atoms with Crippen molar-refractivity contribution in [3.8, 4) is 5.75 Å². The van der Waals surface area contributed by atoms with E-state index in [-0.39, 0.29) is 5.91 Å². The summed E-state index contributed by atoms with van der Waals surface area (Å²) in [5.74, 6) is 0.494. The molecule has 1 aromatic carbocycles. The summed E-state index contributed by atoms with van der Waals surface area (Å²) in [7, 11) is 3.30. The van der Waals surface area contributed by atoms with E-state index in [9.17, 15) is 4.79 Å². The number of aromatic nitrogens is 2. The van der Waals surface area contributed by atoms with Gasteiger partial charge in [0.25, 0.3) is 5.91 Å². The van der Waals surface area contributed by atoms with Gasteiger partial charge in [0, 0.05) is 12.7 Å². The molecule has 0 fully saturated rings. The molecule has 0 saturated carbocycles. The first-order valence-corrected chi connectivity index (χ1v) is 6.19. The molecule has 0 unspecified atom stereocenters. The van der Waals surface area contributed by atoms with E-state index in [1.165, 1.54) is 4.68 Å². The van der Waals surface area contributed by atoms with Gasteiger partial charge in [-0.25, -0.2) is 0 Å². The number of nitrogens with one attached hydrogen (secondary N) is 1. The lowest BCUT2D eigenvalue weighted by atomic mass is 10.2. The van der Waals surface area contributed by atoms with Crippen LogP contribution in [0.1, 0.15) is 21.7 Å². The van der Waals surface area contributed by atoms with Crippen LogP contribution in [0.5, 0.6) is 5.75 Å². The molecular weight excluding hydrogens is 256 g/mol. The van der Waals surface area contributed by atoms with Crippen LogP contribution in [-0.4, -0.2) is 22.8 Å². The van der Waals surface area contributed by atoms with E-state index >= 15 is 0 Å². The lowest BCUT2D eigenvalue weighted by Crippen LogP contribution is -2.17. The fraction of sp³-hybridized carbons (Fsp3) is 0.286. The molecule has 0 aliphatic rings. The van der Waals surface area contributed by atoms with Crippen LogP contribution in [0.15, 0.2) is 18.2 Å². The minimum absolute atomic E-state index is 0.282. The Kier molecular flexibility index (Phi) is 3.65. The molecular formula is C14H18N4O2. The lowest BCUT2D eigenvalue weighted by Gasteiger charge is -2.09. The summed E-state index contributed by atoms with van der Waals surface area (Å²) in [4.78, 5) is 12.3. The number of benzene rings is 1. The third kappa shape index (κ3) is 2.45. The Balaban J connectivity index is 2.26. The Labute approximate surface area is 117 Å². The van der Waals surface area contributed by atoms with Crippen LogP contribution in [0.3, 0.4) is 0 Å². The Morgan fingerprint density at radius 2 is 2.10 bits per heavy atom. The molecule has 0 spiro atoms. The SMILES string of the molecule is COc1ccc(NC(=O)c2c(N)c(C)nn2C)cc1C. The summed E-state index contributed by atoms with van der Waals surface area (Å²) in [6.45, 7) is 3.68. The molecule has 106 valence electrons. The van der Waals surface area contributed by atoms with Crippen LogP contribution >= 0.6 is 0 Å². The van der Waals surface area contributed by atoms with Crippen molar-refractivity contribution in [3.05, 3.63) is 35.2 Å². The topological polar surface area (TPSA) is 82.2 Å². The van der Waals surface area contributed by atoms with Crippen LogP contribution in [-0.2, 0) is 7.05 Å². The van der Waals surface area contributed by atoms with Gasteiger partial charge in [0.15, 0.2) is 0 Å². The maximum atomic E-state index is 12.3. The molecule has 0 saturated heterocycles. The molecule has 20 heavy (non-hydrogen) atoms. The number of amides is 1. The monoisotopic (exact) mass is 274 g/mol. The van der Waals surface area contributed by atoms with Gasteiger partial charge in [0.05, 0.1) is 18.5 Å². The lowest BCUT2D eigenvalue weighted by molar-refractivity contribution is 0.101. The number of methoxy groups -OCH3 is 1. The van der Waals surface area contributed by atoms with Gasteiger partial charge in [-0.2, -0.15) is 5.10 Å². The molecule has 1 amide bonds. The quantitative estimate of drug-likeness (QED) is 0.895. The highest BCUT2D eigenvalue weighted by atomic mass is 16.5. The summed E-state index contributed by atoms with van der Waals surface area (Å²) < 4.78 is 6.67. The first kappa shape index (κ1) is 13.9. The molecule has 0 atom stereocenters. The zero-order chi connectivity index (χ0) is 14.9. The van der Waals surface area contributed by atoms with Crippen molar-refractivity contribution in [3.63, 3.8) is 0 Å². The summed E-state index contributed by atoms with van der Waals surface area (Å²) in [5.41, 5.74) is 8.90. The molecule has 1 aromatic heterocycles. The second kappa shape index (κ2) is 5.24. The van der Waals surface area contributed by atoms with Crippen LogP contribution < -0.4 is 15.8 Å². The second-order valence-electron chi connectivity index (χ2n) is 4.61. The van der Waals surface area contributed by atoms with E-state index in [4.69, 9.17) is 10.5 Å². The highest BCUT2D eigenvalue weighted by molar-refractivity contribution is 6.06. The average Bonchev–Trinajstić information content (AvgIpc) is 2.63. The average molecular weight is 274 g/mol. The van der Waals surface area contributed by atoms with Gasteiger partial charge in [-0.15, -0.1) is 0 Å². The standard InChI is InChI=1S/C14H18N4O2/c1-8-7-10(5-6-11(8)20-4)16-14(19)13-12(15)9(2)17-18(13)3/h5-7H,15H2,1-4H3,(H,16,19). The van der Waals surface area contributed by atoms with Crippen molar-refractivity contribution >= 4 is 17.3 Å². The molecule has 6 nitrogen and oxygen atoms in total. The smallest absolute Gasteiger partial charge is 0.276 e. The number of nitrogens with two attached hydrogens (primary N) is 1. The van der Waals surface area contributed by atoms with Crippen molar-refractivity contribution in [2.24, 2.45) is 7.05 Å². The fourth-order valence-corrected chi connectivity index (χ4v) is 2.09. The first-order valence-electron chi connectivity index (χ1n) is 6.19. The number of hydrogen-bond acceptors (Lipinski definition) is 4. The minimum Gasteiger partial charge on any atom is -0.496 e. The van der Waals surface area contributed by atoms with E-state index in [0.717, 1.165) is 11.3 Å². The molecule has 0 bridgehead atoms. The van der Waals surface area contributed by atoms with Crippen LogP contribution in [0, 0.1) is 13.8 Å². The van der Waals surface area contributed by atoms with Crippen molar-refractivity contribution < 1.29 is 9.53 Å². The second-order valence-corrected chi connectivity index (χ2v) is 4.61. The highest BCUT2D eigenvalue weighted by Crippen LogP contribution is 2.23. The van der Waals surface area contributed by atoms with E-state index in [1.807, 2.05) is 19.1 Å². The number of hydrogen-bond donors (Lipinski definition) is 2. The van der Waals surface area contributed by atoms with E-state index < -0.39 is 0 Å². The maximum absolute atomic E-state index is 12.3.